The predicted molar refractivity (Wildman–Crippen MR) is 70.8 cm³/mol. The molecule has 0 bridgehead atoms. The number of hydrogen-bond donors (Lipinski definition) is 3. The Morgan fingerprint density at radius 3 is 2.68 bits per heavy atom. The van der Waals surface area contributed by atoms with E-state index in [1.165, 1.54) is 12.3 Å². The molecular weight excluding hydrogens is 246 g/mol. The lowest BCUT2D eigenvalue weighted by Gasteiger charge is -2.12. The summed E-state index contributed by atoms with van der Waals surface area (Å²) in [7, 11) is 0. The van der Waals surface area contributed by atoms with Crippen LogP contribution < -0.4 is 10.6 Å². The molecule has 6 nitrogen and oxygen atoms in total. The Morgan fingerprint density at radius 1 is 1.42 bits per heavy atom. The molecule has 0 saturated heterocycles. The van der Waals surface area contributed by atoms with Crippen LogP contribution in [0.25, 0.3) is 0 Å². The number of aromatic carboxylic acids is 1. The third kappa shape index (κ3) is 5.48. The van der Waals surface area contributed by atoms with Gasteiger partial charge in [0.05, 0.1) is 0 Å². The fourth-order valence-corrected chi connectivity index (χ4v) is 1.63. The van der Waals surface area contributed by atoms with E-state index in [0.717, 1.165) is 12.1 Å². The third-order valence-electron chi connectivity index (χ3n) is 2.58. The fourth-order valence-electron chi connectivity index (χ4n) is 1.63. The number of carboxylic acids is 1. The molecule has 0 spiro atoms. The average Bonchev–Trinajstić information content (AvgIpc) is 2.37. The van der Waals surface area contributed by atoms with Gasteiger partial charge >= 0.3 is 5.97 Å². The number of rotatable bonds is 7. The van der Waals surface area contributed by atoms with Crippen LogP contribution in [0.2, 0.25) is 0 Å². The van der Waals surface area contributed by atoms with Gasteiger partial charge in [-0.25, -0.2) is 9.78 Å². The Hall–Kier alpha value is -1.95. The Kier molecular flexibility index (Phi) is 5.95. The Morgan fingerprint density at radius 2 is 2.16 bits per heavy atom. The van der Waals surface area contributed by atoms with Gasteiger partial charge in [0.25, 0.3) is 0 Å². The van der Waals surface area contributed by atoms with Crippen LogP contribution >= 0.6 is 0 Å². The molecule has 1 atom stereocenters. The van der Waals surface area contributed by atoms with E-state index in [9.17, 15) is 9.59 Å². The number of nitrogens with zero attached hydrogens (tertiary/aromatic N) is 1. The maximum atomic E-state index is 11.6. The second-order valence-corrected chi connectivity index (χ2v) is 4.30. The van der Waals surface area contributed by atoms with E-state index in [1.54, 1.807) is 6.07 Å². The van der Waals surface area contributed by atoms with Crippen LogP contribution in [-0.4, -0.2) is 34.6 Å². The van der Waals surface area contributed by atoms with Crippen molar-refractivity contribution >= 4 is 11.9 Å². The van der Waals surface area contributed by atoms with E-state index in [0.29, 0.717) is 13.0 Å². The van der Waals surface area contributed by atoms with Crippen LogP contribution in [0.1, 0.15) is 36.3 Å². The zero-order chi connectivity index (χ0) is 14.3. The number of aromatic nitrogens is 1. The van der Waals surface area contributed by atoms with Crippen molar-refractivity contribution in [2.75, 3.05) is 6.54 Å². The number of pyridine rings is 1. The first-order valence-electron chi connectivity index (χ1n) is 6.21. The fraction of sp³-hybridized carbons (Fsp3) is 0.462. The molecule has 1 heterocycles. The minimum absolute atomic E-state index is 0.00385. The first-order valence-corrected chi connectivity index (χ1v) is 6.21. The summed E-state index contributed by atoms with van der Waals surface area (Å²) in [5, 5.41) is 14.6. The van der Waals surface area contributed by atoms with Crippen LogP contribution in [0.15, 0.2) is 18.3 Å². The second-order valence-electron chi connectivity index (χ2n) is 4.30. The minimum Gasteiger partial charge on any atom is -0.477 e. The lowest BCUT2D eigenvalue weighted by molar-refractivity contribution is -0.121. The minimum atomic E-state index is -1.06. The van der Waals surface area contributed by atoms with E-state index in [1.807, 2.05) is 13.8 Å². The first-order chi connectivity index (χ1) is 9.02. The van der Waals surface area contributed by atoms with Gasteiger partial charge in [-0.15, -0.1) is 0 Å². The van der Waals surface area contributed by atoms with Crippen molar-refractivity contribution in [1.82, 2.24) is 15.6 Å². The average molecular weight is 265 g/mol. The molecule has 0 radical (unpaired) electrons. The second kappa shape index (κ2) is 7.48. The zero-order valence-corrected chi connectivity index (χ0v) is 11.1. The number of carbonyl (C=O) groups excluding carboxylic acids is 1. The lowest BCUT2D eigenvalue weighted by Crippen LogP contribution is -2.33. The molecule has 3 N–H and O–H groups in total. The molecule has 0 fully saturated rings. The highest BCUT2D eigenvalue weighted by atomic mass is 16.4. The largest absolute Gasteiger partial charge is 0.477 e. The normalized spacial score (nSPS) is 11.9. The first kappa shape index (κ1) is 15.1. The third-order valence-corrected chi connectivity index (χ3v) is 2.58. The molecule has 1 aromatic heterocycles. The SMILES string of the molecule is CCNC(C)CC(=O)NCc1ccc(C(=O)O)nc1. The quantitative estimate of drug-likeness (QED) is 0.678. The highest BCUT2D eigenvalue weighted by Gasteiger charge is 2.08. The van der Waals surface area contributed by atoms with Gasteiger partial charge in [-0.2, -0.15) is 0 Å². The molecule has 0 saturated carbocycles. The summed E-state index contributed by atoms with van der Waals surface area (Å²) in [6, 6.07) is 3.20. The monoisotopic (exact) mass is 265 g/mol. The van der Waals surface area contributed by atoms with Crippen molar-refractivity contribution in [3.8, 4) is 0 Å². The molecule has 19 heavy (non-hydrogen) atoms. The van der Waals surface area contributed by atoms with E-state index >= 15 is 0 Å². The van der Waals surface area contributed by atoms with E-state index in [4.69, 9.17) is 5.11 Å². The van der Waals surface area contributed by atoms with Crippen LogP contribution in [-0.2, 0) is 11.3 Å². The van der Waals surface area contributed by atoms with Gasteiger partial charge in [-0.05, 0) is 25.1 Å². The molecule has 0 aliphatic heterocycles. The van der Waals surface area contributed by atoms with Crippen molar-refractivity contribution in [1.29, 1.82) is 0 Å². The molecule has 0 aliphatic carbocycles. The molecule has 1 rings (SSSR count). The van der Waals surface area contributed by atoms with E-state index in [-0.39, 0.29) is 17.6 Å². The summed E-state index contributed by atoms with van der Waals surface area (Å²) >= 11 is 0. The van der Waals surface area contributed by atoms with Gasteiger partial charge in [0.15, 0.2) is 0 Å². The maximum Gasteiger partial charge on any atom is 0.354 e. The Labute approximate surface area is 112 Å². The Balaban J connectivity index is 2.39. The summed E-state index contributed by atoms with van der Waals surface area (Å²) in [5.41, 5.74) is 0.769. The number of hydrogen-bond acceptors (Lipinski definition) is 4. The molecular formula is C13H19N3O3. The summed E-state index contributed by atoms with van der Waals surface area (Å²) in [5.74, 6) is -1.11. The molecule has 1 aromatic rings. The van der Waals surface area contributed by atoms with Crippen molar-refractivity contribution in [3.05, 3.63) is 29.6 Å². The summed E-state index contributed by atoms with van der Waals surface area (Å²) in [4.78, 5) is 26.0. The summed E-state index contributed by atoms with van der Waals surface area (Å²) in [6.07, 6.45) is 1.87. The number of nitrogens with one attached hydrogen (secondary N) is 2. The molecule has 0 aromatic carbocycles. The smallest absolute Gasteiger partial charge is 0.354 e. The zero-order valence-electron chi connectivity index (χ0n) is 11.1. The highest BCUT2D eigenvalue weighted by Crippen LogP contribution is 2.00. The van der Waals surface area contributed by atoms with Crippen molar-refractivity contribution in [2.24, 2.45) is 0 Å². The van der Waals surface area contributed by atoms with Crippen LogP contribution in [0, 0.1) is 0 Å². The van der Waals surface area contributed by atoms with Gasteiger partial charge in [-0.3, -0.25) is 4.79 Å². The molecule has 6 heteroatoms. The van der Waals surface area contributed by atoms with Gasteiger partial charge in [-0.1, -0.05) is 13.0 Å². The molecule has 104 valence electrons. The lowest BCUT2D eigenvalue weighted by atomic mass is 10.2. The van der Waals surface area contributed by atoms with Gasteiger partial charge in [0.1, 0.15) is 5.69 Å². The van der Waals surface area contributed by atoms with Crippen molar-refractivity contribution < 1.29 is 14.7 Å². The van der Waals surface area contributed by atoms with Gasteiger partial charge in [0.2, 0.25) is 5.91 Å². The van der Waals surface area contributed by atoms with Crippen molar-refractivity contribution in [3.63, 3.8) is 0 Å². The van der Waals surface area contributed by atoms with E-state index < -0.39 is 5.97 Å². The van der Waals surface area contributed by atoms with Gasteiger partial charge < -0.3 is 15.7 Å². The Bertz CT molecular complexity index is 431. The topological polar surface area (TPSA) is 91.3 Å². The predicted octanol–water partition coefficient (Wildman–Crippen LogP) is 0.784. The molecule has 1 amide bonds. The molecule has 1 unspecified atom stereocenters. The van der Waals surface area contributed by atoms with Crippen LogP contribution in [0.5, 0.6) is 0 Å². The van der Waals surface area contributed by atoms with Crippen molar-refractivity contribution in [2.45, 2.75) is 32.9 Å². The van der Waals surface area contributed by atoms with Gasteiger partial charge in [0, 0.05) is 25.2 Å². The summed E-state index contributed by atoms with van der Waals surface area (Å²) < 4.78 is 0. The standard InChI is InChI=1S/C13H19N3O3/c1-3-14-9(2)6-12(17)16-8-10-4-5-11(13(18)19)15-7-10/h4-5,7,9,14H,3,6,8H2,1-2H3,(H,16,17)(H,18,19). The maximum absolute atomic E-state index is 11.6. The van der Waals surface area contributed by atoms with Crippen LogP contribution in [0.4, 0.5) is 0 Å². The van der Waals surface area contributed by atoms with Crippen LogP contribution in [0.3, 0.4) is 0 Å². The number of amides is 1. The number of carboxylic acid groups (broad SMARTS) is 1. The summed E-state index contributed by atoms with van der Waals surface area (Å²) in [6.45, 7) is 5.12. The highest BCUT2D eigenvalue weighted by molar-refractivity contribution is 5.85. The van der Waals surface area contributed by atoms with E-state index in [2.05, 4.69) is 15.6 Å². The number of carbonyl (C=O) groups is 2. The molecule has 0 aliphatic rings.